The second-order valence-electron chi connectivity index (χ2n) is 7.25. The van der Waals surface area contributed by atoms with Crippen molar-refractivity contribution in [1.82, 2.24) is 9.80 Å². The molecule has 1 heterocycles. The molecule has 3 atom stereocenters. The number of carbonyl (C=O) groups excluding carboxylic acids is 2. The third kappa shape index (κ3) is 3.07. The highest BCUT2D eigenvalue weighted by molar-refractivity contribution is 5.92. The Labute approximate surface area is 127 Å². The van der Waals surface area contributed by atoms with Gasteiger partial charge in [-0.05, 0) is 39.0 Å². The van der Waals surface area contributed by atoms with Crippen LogP contribution in [0.4, 0.5) is 0 Å². The van der Waals surface area contributed by atoms with Crippen LogP contribution in [0, 0.1) is 11.8 Å². The highest BCUT2D eigenvalue weighted by Crippen LogP contribution is 2.32. The lowest BCUT2D eigenvalue weighted by atomic mass is 9.77. The molecule has 2 aliphatic rings. The van der Waals surface area contributed by atoms with Crippen molar-refractivity contribution < 1.29 is 9.59 Å². The minimum absolute atomic E-state index is 0.0228. The third-order valence-corrected chi connectivity index (χ3v) is 5.32. The van der Waals surface area contributed by atoms with Crippen molar-refractivity contribution in [3.05, 3.63) is 0 Å². The van der Waals surface area contributed by atoms with Crippen LogP contribution in [-0.4, -0.2) is 53.3 Å². The first-order valence-corrected chi connectivity index (χ1v) is 8.07. The number of rotatable bonds is 2. The second-order valence-corrected chi connectivity index (χ2v) is 7.25. The van der Waals surface area contributed by atoms with Gasteiger partial charge in [0.15, 0.2) is 0 Å². The number of nitrogens with zero attached hydrogens (tertiary/aromatic N) is 2. The van der Waals surface area contributed by atoms with Crippen LogP contribution in [0.5, 0.6) is 0 Å². The highest BCUT2D eigenvalue weighted by Gasteiger charge is 2.45. The molecule has 0 radical (unpaired) electrons. The van der Waals surface area contributed by atoms with Gasteiger partial charge in [0, 0.05) is 32.1 Å². The fraction of sp³-hybridized carbons (Fsp3) is 0.875. The van der Waals surface area contributed by atoms with Crippen LogP contribution in [0.3, 0.4) is 0 Å². The van der Waals surface area contributed by atoms with Gasteiger partial charge < -0.3 is 15.5 Å². The molecule has 2 amide bonds. The van der Waals surface area contributed by atoms with E-state index in [1.807, 2.05) is 20.8 Å². The molecule has 0 spiro atoms. The molecule has 2 N–H and O–H groups in total. The van der Waals surface area contributed by atoms with Crippen LogP contribution in [0.15, 0.2) is 0 Å². The maximum atomic E-state index is 12.9. The van der Waals surface area contributed by atoms with E-state index in [0.29, 0.717) is 19.0 Å². The topological polar surface area (TPSA) is 66.6 Å². The number of carbonyl (C=O) groups is 2. The average molecular weight is 295 g/mol. The van der Waals surface area contributed by atoms with Crippen molar-refractivity contribution in [1.29, 1.82) is 0 Å². The molecule has 120 valence electrons. The summed E-state index contributed by atoms with van der Waals surface area (Å²) in [5.41, 5.74) is 5.31. The van der Waals surface area contributed by atoms with Crippen molar-refractivity contribution in [2.75, 3.05) is 20.1 Å². The van der Waals surface area contributed by atoms with E-state index < -0.39 is 5.54 Å². The number of amides is 2. The van der Waals surface area contributed by atoms with Gasteiger partial charge in [0.1, 0.15) is 5.54 Å². The van der Waals surface area contributed by atoms with E-state index in [1.54, 1.807) is 16.8 Å². The van der Waals surface area contributed by atoms with E-state index in [1.165, 1.54) is 0 Å². The molecule has 3 unspecified atom stereocenters. The van der Waals surface area contributed by atoms with E-state index in [9.17, 15) is 9.59 Å². The molecule has 0 aromatic heterocycles. The van der Waals surface area contributed by atoms with Gasteiger partial charge in [0.05, 0.1) is 0 Å². The minimum Gasteiger partial charge on any atom is -0.342 e. The van der Waals surface area contributed by atoms with Gasteiger partial charge in [-0.25, -0.2) is 0 Å². The van der Waals surface area contributed by atoms with Crippen LogP contribution in [0.2, 0.25) is 0 Å². The lowest BCUT2D eigenvalue weighted by Crippen LogP contribution is -2.64. The minimum atomic E-state index is -0.741. The maximum Gasteiger partial charge on any atom is 0.247 e. The highest BCUT2D eigenvalue weighted by atomic mass is 16.2. The molecule has 1 aliphatic carbocycles. The van der Waals surface area contributed by atoms with Crippen molar-refractivity contribution >= 4 is 11.8 Å². The zero-order valence-electron chi connectivity index (χ0n) is 13.8. The Hall–Kier alpha value is -1.10. The Kier molecular flexibility index (Phi) is 4.61. The second kappa shape index (κ2) is 5.95. The quantitative estimate of drug-likeness (QED) is 0.833. The van der Waals surface area contributed by atoms with Gasteiger partial charge in [-0.3, -0.25) is 9.59 Å². The predicted octanol–water partition coefficient (Wildman–Crippen LogP) is 1.22. The first-order valence-electron chi connectivity index (χ1n) is 8.07. The van der Waals surface area contributed by atoms with Gasteiger partial charge in [-0.1, -0.05) is 13.3 Å². The largest absolute Gasteiger partial charge is 0.342 e. The molecule has 2 fully saturated rings. The average Bonchev–Trinajstić information content (AvgIpc) is 2.43. The number of nitrogens with two attached hydrogens (primary N) is 1. The standard InChI is InChI=1S/C16H29N3O2/c1-11(12-6-5-7-13(17)10-12)14(20)19-9-8-18(4)15(21)16(19,2)3/h11-13H,5-10,17H2,1-4H3. The first kappa shape index (κ1) is 16.3. The van der Waals surface area contributed by atoms with Crippen LogP contribution in [0.1, 0.15) is 46.5 Å². The summed E-state index contributed by atoms with van der Waals surface area (Å²) in [6.45, 7) is 6.94. The SMILES string of the molecule is CC(C(=O)N1CCN(C)C(=O)C1(C)C)C1CCCC(N)C1. The van der Waals surface area contributed by atoms with Crippen LogP contribution >= 0.6 is 0 Å². The molecule has 2 rings (SSSR count). The molecule has 0 aromatic rings. The van der Waals surface area contributed by atoms with Crippen molar-refractivity contribution in [2.24, 2.45) is 17.6 Å². The number of hydrogen-bond donors (Lipinski definition) is 1. The molecule has 0 aromatic carbocycles. The summed E-state index contributed by atoms with van der Waals surface area (Å²) in [7, 11) is 1.80. The fourth-order valence-corrected chi connectivity index (χ4v) is 3.77. The Morgan fingerprint density at radius 3 is 2.62 bits per heavy atom. The molecule has 1 aliphatic heterocycles. The summed E-state index contributed by atoms with van der Waals surface area (Å²) in [4.78, 5) is 28.7. The smallest absolute Gasteiger partial charge is 0.247 e. The van der Waals surface area contributed by atoms with Gasteiger partial charge in [-0.15, -0.1) is 0 Å². The van der Waals surface area contributed by atoms with E-state index in [2.05, 4.69) is 0 Å². The Balaban J connectivity index is 2.09. The van der Waals surface area contributed by atoms with E-state index >= 15 is 0 Å². The van der Waals surface area contributed by atoms with Gasteiger partial charge >= 0.3 is 0 Å². The van der Waals surface area contributed by atoms with Gasteiger partial charge in [0.25, 0.3) is 0 Å². The number of hydrogen-bond acceptors (Lipinski definition) is 3. The summed E-state index contributed by atoms with van der Waals surface area (Å²) in [6, 6.07) is 0.223. The lowest BCUT2D eigenvalue weighted by molar-refractivity contribution is -0.160. The summed E-state index contributed by atoms with van der Waals surface area (Å²) in [5, 5.41) is 0. The molecular formula is C16H29N3O2. The van der Waals surface area contributed by atoms with Gasteiger partial charge in [-0.2, -0.15) is 0 Å². The molecular weight excluding hydrogens is 266 g/mol. The van der Waals surface area contributed by atoms with Crippen molar-refractivity contribution in [3.63, 3.8) is 0 Å². The Bertz CT molecular complexity index is 422. The van der Waals surface area contributed by atoms with Crippen LogP contribution < -0.4 is 5.73 Å². The molecule has 1 saturated heterocycles. The molecule has 5 heteroatoms. The predicted molar refractivity (Wildman–Crippen MR) is 82.5 cm³/mol. The summed E-state index contributed by atoms with van der Waals surface area (Å²) in [5.74, 6) is 0.439. The maximum absolute atomic E-state index is 12.9. The molecule has 5 nitrogen and oxygen atoms in total. The summed E-state index contributed by atoms with van der Waals surface area (Å²) in [6.07, 6.45) is 4.17. The van der Waals surface area contributed by atoms with Gasteiger partial charge in [0.2, 0.25) is 11.8 Å². The monoisotopic (exact) mass is 295 g/mol. The number of piperazine rings is 1. The zero-order chi connectivity index (χ0) is 15.8. The summed E-state index contributed by atoms with van der Waals surface area (Å²) < 4.78 is 0. The first-order chi connectivity index (χ1) is 9.75. The van der Waals surface area contributed by atoms with E-state index in [4.69, 9.17) is 5.73 Å². The molecule has 0 bridgehead atoms. The van der Waals surface area contributed by atoms with Crippen molar-refractivity contribution in [3.8, 4) is 0 Å². The number of likely N-dealkylation sites (N-methyl/N-ethyl adjacent to an activating group) is 1. The Morgan fingerprint density at radius 2 is 2.00 bits per heavy atom. The zero-order valence-corrected chi connectivity index (χ0v) is 13.8. The Morgan fingerprint density at radius 1 is 1.33 bits per heavy atom. The summed E-state index contributed by atoms with van der Waals surface area (Å²) >= 11 is 0. The molecule has 1 saturated carbocycles. The van der Waals surface area contributed by atoms with Crippen molar-refractivity contribution in [2.45, 2.75) is 58.0 Å². The molecule has 21 heavy (non-hydrogen) atoms. The normalized spacial score (nSPS) is 31.2. The van der Waals surface area contributed by atoms with E-state index in [-0.39, 0.29) is 23.8 Å². The lowest BCUT2D eigenvalue weighted by Gasteiger charge is -2.46. The fourth-order valence-electron chi connectivity index (χ4n) is 3.77. The third-order valence-electron chi connectivity index (χ3n) is 5.32. The van der Waals surface area contributed by atoms with Crippen LogP contribution in [0.25, 0.3) is 0 Å². The van der Waals surface area contributed by atoms with Crippen LogP contribution in [-0.2, 0) is 9.59 Å². The van der Waals surface area contributed by atoms with E-state index in [0.717, 1.165) is 25.7 Å².